The van der Waals surface area contributed by atoms with Crippen LogP contribution in [0.25, 0.3) is 0 Å². The van der Waals surface area contributed by atoms with Crippen LogP contribution in [0, 0.1) is 17.8 Å². The molecule has 3 N–H and O–H groups in total. The van der Waals surface area contributed by atoms with E-state index in [1.165, 1.54) is 12.1 Å². The maximum Gasteiger partial charge on any atom is 0.508 e. The van der Waals surface area contributed by atoms with Crippen LogP contribution in [0.4, 0.5) is 4.79 Å². The van der Waals surface area contributed by atoms with E-state index in [1.54, 1.807) is 26.8 Å². The van der Waals surface area contributed by atoms with E-state index < -0.39 is 47.9 Å². The topological polar surface area (TPSA) is 151 Å². The number of rotatable bonds is 15. The van der Waals surface area contributed by atoms with Gasteiger partial charge in [0.2, 0.25) is 0 Å². The predicted octanol–water partition coefficient (Wildman–Crippen LogP) is 5.99. The molecule has 1 saturated carbocycles. The lowest BCUT2D eigenvalue weighted by Gasteiger charge is -2.28. The van der Waals surface area contributed by atoms with E-state index in [-0.39, 0.29) is 30.1 Å². The maximum absolute atomic E-state index is 12.8. The number of ether oxygens (including phenoxy) is 4. The Morgan fingerprint density at radius 2 is 1.46 bits per heavy atom. The number of nitrogens with two attached hydrogens (primary N) is 1. The summed E-state index contributed by atoms with van der Waals surface area (Å²) in [5.74, 6) is -4.28. The normalized spacial score (nSPS) is 17.4. The van der Waals surface area contributed by atoms with Gasteiger partial charge in [0.25, 0.3) is 0 Å². The molecular formula is C31H47NO9. The lowest BCUT2D eigenvalue weighted by Crippen LogP contribution is -2.40. The minimum Gasteiger partial charge on any atom is -0.480 e. The molecule has 4 unspecified atom stereocenters. The van der Waals surface area contributed by atoms with Crippen LogP contribution in [-0.2, 0) is 23.9 Å². The van der Waals surface area contributed by atoms with Crippen molar-refractivity contribution in [3.8, 4) is 11.5 Å². The molecule has 10 nitrogen and oxygen atoms in total. The van der Waals surface area contributed by atoms with Gasteiger partial charge in [-0.25, -0.2) is 4.79 Å². The number of carbonyl (C=O) groups is 4. The molecule has 41 heavy (non-hydrogen) atoms. The Balaban J connectivity index is 2.32. The molecule has 1 aliphatic carbocycles. The Hall–Kier alpha value is -3.14. The number of hydrogen-bond acceptors (Lipinski definition) is 9. The summed E-state index contributed by atoms with van der Waals surface area (Å²) in [6.45, 7) is 9.02. The lowest BCUT2D eigenvalue weighted by molar-refractivity contribution is -0.141. The fourth-order valence-corrected chi connectivity index (χ4v) is 5.12. The molecule has 1 aliphatic rings. The SMILES string of the molecule is CCCC(C)C(=O)Oc1ccc(C(C(C)COC(=O)OC2CCCCC2)[C@H](N)C(=O)O)cc1OC(=O)C(C)CCC. The molecule has 10 heteroatoms. The van der Waals surface area contributed by atoms with E-state index in [2.05, 4.69) is 0 Å². The molecule has 0 amide bonds. The first-order valence-electron chi connectivity index (χ1n) is 14.9. The highest BCUT2D eigenvalue weighted by atomic mass is 16.7. The molecule has 0 heterocycles. The first kappa shape index (κ1) is 34.1. The second kappa shape index (κ2) is 17.0. The van der Waals surface area contributed by atoms with Crippen molar-refractivity contribution in [2.24, 2.45) is 23.5 Å². The molecule has 1 aromatic carbocycles. The molecule has 1 fully saturated rings. The minimum absolute atomic E-state index is 0.0000770. The van der Waals surface area contributed by atoms with Gasteiger partial charge >= 0.3 is 24.1 Å². The molecule has 5 atom stereocenters. The molecule has 1 aromatic rings. The maximum atomic E-state index is 12.8. The van der Waals surface area contributed by atoms with E-state index in [0.29, 0.717) is 18.4 Å². The summed E-state index contributed by atoms with van der Waals surface area (Å²) in [7, 11) is 0. The predicted molar refractivity (Wildman–Crippen MR) is 153 cm³/mol. The van der Waals surface area contributed by atoms with Crippen molar-refractivity contribution in [2.45, 2.75) is 110 Å². The molecule has 0 aliphatic heterocycles. The van der Waals surface area contributed by atoms with Gasteiger partial charge in [-0.1, -0.05) is 59.9 Å². The van der Waals surface area contributed by atoms with Gasteiger partial charge < -0.3 is 29.8 Å². The van der Waals surface area contributed by atoms with Gasteiger partial charge in [-0.3, -0.25) is 14.4 Å². The second-order valence-corrected chi connectivity index (χ2v) is 11.2. The van der Waals surface area contributed by atoms with E-state index in [1.807, 2.05) is 13.8 Å². The zero-order valence-corrected chi connectivity index (χ0v) is 25.1. The molecule has 2 rings (SSSR count). The fraction of sp³-hybridized carbons (Fsp3) is 0.677. The van der Waals surface area contributed by atoms with E-state index >= 15 is 0 Å². The van der Waals surface area contributed by atoms with Crippen molar-refractivity contribution in [2.75, 3.05) is 6.61 Å². The summed E-state index contributed by atoms with van der Waals surface area (Å²) >= 11 is 0. The third kappa shape index (κ3) is 10.6. The second-order valence-electron chi connectivity index (χ2n) is 11.2. The molecule has 0 spiro atoms. The number of carboxylic acid groups (broad SMARTS) is 1. The third-order valence-electron chi connectivity index (χ3n) is 7.59. The van der Waals surface area contributed by atoms with E-state index in [4.69, 9.17) is 24.7 Å². The Bertz CT molecular complexity index is 1020. The number of aliphatic carboxylic acids is 1. The Morgan fingerprint density at radius 3 is 2.00 bits per heavy atom. The molecular weight excluding hydrogens is 530 g/mol. The van der Waals surface area contributed by atoms with E-state index in [0.717, 1.165) is 44.9 Å². The molecule has 230 valence electrons. The van der Waals surface area contributed by atoms with Crippen molar-refractivity contribution in [1.82, 2.24) is 0 Å². The molecule has 0 aromatic heterocycles. The van der Waals surface area contributed by atoms with Crippen molar-refractivity contribution >= 4 is 24.1 Å². The number of esters is 2. The smallest absolute Gasteiger partial charge is 0.480 e. The van der Waals surface area contributed by atoms with Gasteiger partial charge in [-0.2, -0.15) is 0 Å². The summed E-state index contributed by atoms with van der Waals surface area (Å²) < 4.78 is 22.1. The first-order valence-corrected chi connectivity index (χ1v) is 14.9. The van der Waals surface area contributed by atoms with Gasteiger partial charge in [0.15, 0.2) is 11.5 Å². The monoisotopic (exact) mass is 577 g/mol. The third-order valence-corrected chi connectivity index (χ3v) is 7.59. The lowest BCUT2D eigenvalue weighted by atomic mass is 9.82. The van der Waals surface area contributed by atoms with Crippen molar-refractivity contribution < 1.29 is 43.2 Å². The quantitative estimate of drug-likeness (QED) is 0.188. The van der Waals surface area contributed by atoms with Crippen LogP contribution in [0.3, 0.4) is 0 Å². The Morgan fingerprint density at radius 1 is 0.902 bits per heavy atom. The Kier molecular flexibility index (Phi) is 14.1. The average molecular weight is 578 g/mol. The van der Waals surface area contributed by atoms with Gasteiger partial charge in [0, 0.05) is 5.92 Å². The summed E-state index contributed by atoms with van der Waals surface area (Å²) in [4.78, 5) is 49.8. The number of carboxylic acids is 1. The standard InChI is InChI=1S/C31H47NO9/c1-6-11-19(3)29(35)40-24-16-15-22(17-25(24)41-30(36)20(4)12-7-2)26(27(32)28(33)34)21(5)18-38-31(37)39-23-13-9-8-10-14-23/h15-17,19-21,23,26-27H,6-14,18,32H2,1-5H3,(H,33,34)/t19?,20?,21?,26?,27-/m0/s1. The van der Waals surface area contributed by atoms with Gasteiger partial charge in [-0.15, -0.1) is 0 Å². The van der Waals surface area contributed by atoms with Crippen LogP contribution in [0.1, 0.15) is 104 Å². The zero-order valence-electron chi connectivity index (χ0n) is 25.1. The van der Waals surface area contributed by atoms with Crippen molar-refractivity contribution in [3.05, 3.63) is 23.8 Å². The molecule has 0 bridgehead atoms. The highest BCUT2D eigenvalue weighted by molar-refractivity contribution is 5.79. The Labute approximate surface area is 243 Å². The van der Waals surface area contributed by atoms with Gasteiger partial charge in [-0.05, 0) is 62.1 Å². The average Bonchev–Trinajstić information content (AvgIpc) is 2.93. The summed E-state index contributed by atoms with van der Waals surface area (Å²) in [6.07, 6.45) is 6.55. The van der Waals surface area contributed by atoms with E-state index in [9.17, 15) is 24.3 Å². The highest BCUT2D eigenvalue weighted by Crippen LogP contribution is 2.36. The van der Waals surface area contributed by atoms with Crippen LogP contribution in [0.5, 0.6) is 11.5 Å². The van der Waals surface area contributed by atoms with Crippen LogP contribution in [0.2, 0.25) is 0 Å². The first-order chi connectivity index (χ1) is 19.5. The fourth-order valence-electron chi connectivity index (χ4n) is 5.12. The van der Waals surface area contributed by atoms with Crippen molar-refractivity contribution in [1.29, 1.82) is 0 Å². The van der Waals surface area contributed by atoms with Gasteiger partial charge in [0.05, 0.1) is 18.4 Å². The van der Waals surface area contributed by atoms with Crippen molar-refractivity contribution in [3.63, 3.8) is 0 Å². The van der Waals surface area contributed by atoms with Gasteiger partial charge in [0.1, 0.15) is 12.1 Å². The van der Waals surface area contributed by atoms with Crippen LogP contribution >= 0.6 is 0 Å². The largest absolute Gasteiger partial charge is 0.508 e. The highest BCUT2D eigenvalue weighted by Gasteiger charge is 2.33. The summed E-state index contributed by atoms with van der Waals surface area (Å²) in [6, 6.07) is 3.19. The number of hydrogen-bond donors (Lipinski definition) is 2. The summed E-state index contributed by atoms with van der Waals surface area (Å²) in [5.41, 5.74) is 6.55. The number of benzene rings is 1. The van der Waals surface area contributed by atoms with Crippen LogP contribution in [-0.4, -0.2) is 47.9 Å². The summed E-state index contributed by atoms with van der Waals surface area (Å²) in [5, 5.41) is 9.78. The minimum atomic E-state index is -1.36. The molecule has 0 radical (unpaired) electrons. The molecule has 0 saturated heterocycles. The van der Waals surface area contributed by atoms with Crippen LogP contribution in [0.15, 0.2) is 18.2 Å². The zero-order chi connectivity index (χ0) is 30.5. The number of carbonyl (C=O) groups excluding carboxylic acids is 3. The van der Waals surface area contributed by atoms with Crippen LogP contribution < -0.4 is 15.2 Å².